The van der Waals surface area contributed by atoms with Gasteiger partial charge in [-0.05, 0) is 45.7 Å². The van der Waals surface area contributed by atoms with Gasteiger partial charge in [-0.25, -0.2) is 0 Å². The number of piperidine rings is 1. The normalized spacial score (nSPS) is 30.3. The molecule has 0 aromatic carbocycles. The highest BCUT2D eigenvalue weighted by Gasteiger charge is 2.34. The summed E-state index contributed by atoms with van der Waals surface area (Å²) in [7, 11) is 0. The van der Waals surface area contributed by atoms with E-state index in [4.69, 9.17) is 4.74 Å². The number of carbonyl (C=O) groups is 1. The van der Waals surface area contributed by atoms with Crippen LogP contribution in [0.4, 0.5) is 0 Å². The number of ether oxygens (including phenoxy) is 1. The molecule has 5 nitrogen and oxygen atoms in total. The zero-order valence-electron chi connectivity index (χ0n) is 13.9. The first-order valence-electron chi connectivity index (χ1n) is 8.38. The molecule has 2 saturated heterocycles. The van der Waals surface area contributed by atoms with Crippen molar-refractivity contribution in [3.8, 4) is 0 Å². The minimum atomic E-state index is -0.0475. The molecule has 2 aliphatic rings. The maximum Gasteiger partial charge on any atom is 0.237 e. The van der Waals surface area contributed by atoms with Gasteiger partial charge in [0.2, 0.25) is 5.91 Å². The van der Waals surface area contributed by atoms with E-state index in [1.54, 1.807) is 0 Å². The van der Waals surface area contributed by atoms with Gasteiger partial charge in [0.1, 0.15) is 0 Å². The van der Waals surface area contributed by atoms with Gasteiger partial charge in [-0.1, -0.05) is 13.8 Å². The number of hydrogen-bond donors (Lipinski definition) is 2. The van der Waals surface area contributed by atoms with Gasteiger partial charge in [0.25, 0.3) is 0 Å². The van der Waals surface area contributed by atoms with Crippen molar-refractivity contribution in [2.24, 2.45) is 5.92 Å². The van der Waals surface area contributed by atoms with Crippen LogP contribution in [0.15, 0.2) is 0 Å². The fourth-order valence-electron chi connectivity index (χ4n) is 3.59. The van der Waals surface area contributed by atoms with Gasteiger partial charge in [0.15, 0.2) is 0 Å². The predicted molar refractivity (Wildman–Crippen MR) is 84.2 cm³/mol. The Morgan fingerprint density at radius 1 is 1.19 bits per heavy atom. The van der Waals surface area contributed by atoms with Crippen molar-refractivity contribution in [3.63, 3.8) is 0 Å². The number of nitrogens with zero attached hydrogens (tertiary/aromatic N) is 1. The third kappa shape index (κ3) is 4.66. The van der Waals surface area contributed by atoms with Crippen molar-refractivity contribution < 1.29 is 9.53 Å². The number of rotatable bonds is 4. The molecule has 2 fully saturated rings. The quantitative estimate of drug-likeness (QED) is 0.812. The first-order chi connectivity index (χ1) is 9.97. The SMILES string of the molecule is CC1CN(C(C(=O)NC2CCNCC2)C(C)C)CC(C)O1. The predicted octanol–water partition coefficient (Wildman–Crippen LogP) is 0.988. The van der Waals surface area contributed by atoms with E-state index in [0.717, 1.165) is 39.0 Å². The minimum Gasteiger partial charge on any atom is -0.373 e. The second kappa shape index (κ2) is 7.56. The van der Waals surface area contributed by atoms with E-state index in [1.807, 2.05) is 0 Å². The molecule has 2 N–H and O–H groups in total. The zero-order valence-corrected chi connectivity index (χ0v) is 13.9. The summed E-state index contributed by atoms with van der Waals surface area (Å²) in [5.74, 6) is 0.502. The summed E-state index contributed by atoms with van der Waals surface area (Å²) >= 11 is 0. The Bertz CT molecular complexity index is 332. The lowest BCUT2D eigenvalue weighted by molar-refractivity contribution is -0.136. The van der Waals surface area contributed by atoms with Crippen LogP contribution >= 0.6 is 0 Å². The summed E-state index contributed by atoms with van der Waals surface area (Å²) in [4.78, 5) is 15.1. The molecule has 3 atom stereocenters. The summed E-state index contributed by atoms with van der Waals surface area (Å²) < 4.78 is 5.79. The van der Waals surface area contributed by atoms with Crippen LogP contribution in [-0.2, 0) is 9.53 Å². The molecule has 1 amide bonds. The van der Waals surface area contributed by atoms with Gasteiger partial charge in [-0.3, -0.25) is 9.69 Å². The van der Waals surface area contributed by atoms with Gasteiger partial charge >= 0.3 is 0 Å². The van der Waals surface area contributed by atoms with E-state index in [0.29, 0.717) is 12.0 Å². The Balaban J connectivity index is 1.98. The zero-order chi connectivity index (χ0) is 15.4. The summed E-state index contributed by atoms with van der Waals surface area (Å²) in [6, 6.07) is 0.282. The Hall–Kier alpha value is -0.650. The van der Waals surface area contributed by atoms with Gasteiger partial charge in [-0.15, -0.1) is 0 Å². The third-order valence-corrected chi connectivity index (χ3v) is 4.43. The average molecular weight is 297 g/mol. The largest absolute Gasteiger partial charge is 0.373 e. The highest BCUT2D eigenvalue weighted by atomic mass is 16.5. The molecule has 0 bridgehead atoms. The molecule has 0 radical (unpaired) electrons. The molecule has 2 heterocycles. The van der Waals surface area contributed by atoms with Crippen molar-refractivity contribution in [2.45, 2.75) is 64.8 Å². The molecule has 21 heavy (non-hydrogen) atoms. The van der Waals surface area contributed by atoms with Crippen molar-refractivity contribution in [1.82, 2.24) is 15.5 Å². The van der Waals surface area contributed by atoms with E-state index in [-0.39, 0.29) is 24.2 Å². The molecular weight excluding hydrogens is 266 g/mol. The molecular formula is C16H31N3O2. The molecule has 0 aromatic heterocycles. The molecule has 122 valence electrons. The molecule has 5 heteroatoms. The first kappa shape index (κ1) is 16.7. The van der Waals surface area contributed by atoms with E-state index in [9.17, 15) is 4.79 Å². The van der Waals surface area contributed by atoms with Gasteiger partial charge in [-0.2, -0.15) is 0 Å². The topological polar surface area (TPSA) is 53.6 Å². The van der Waals surface area contributed by atoms with Crippen LogP contribution in [0.3, 0.4) is 0 Å². The lowest BCUT2D eigenvalue weighted by Gasteiger charge is -2.41. The Kier molecular flexibility index (Phi) is 6.02. The third-order valence-electron chi connectivity index (χ3n) is 4.43. The Morgan fingerprint density at radius 2 is 1.76 bits per heavy atom. The Morgan fingerprint density at radius 3 is 2.29 bits per heavy atom. The standard InChI is InChI=1S/C16H31N3O2/c1-11(2)15(19-9-12(3)21-13(4)10-19)16(20)18-14-5-7-17-8-6-14/h11-15,17H,5-10H2,1-4H3,(H,18,20). The van der Waals surface area contributed by atoms with Crippen molar-refractivity contribution in [2.75, 3.05) is 26.2 Å². The summed E-state index contributed by atoms with van der Waals surface area (Å²) in [5, 5.41) is 6.60. The molecule has 0 aliphatic carbocycles. The first-order valence-corrected chi connectivity index (χ1v) is 8.38. The fraction of sp³-hybridized carbons (Fsp3) is 0.938. The molecule has 0 aromatic rings. The summed E-state index contributed by atoms with van der Waals surface area (Å²) in [6.45, 7) is 12.1. The van der Waals surface area contributed by atoms with Crippen LogP contribution in [0, 0.1) is 5.92 Å². The molecule has 0 spiro atoms. The maximum atomic E-state index is 12.8. The highest BCUT2D eigenvalue weighted by Crippen LogP contribution is 2.19. The Labute approximate surface area is 128 Å². The monoisotopic (exact) mass is 297 g/mol. The van der Waals surface area contributed by atoms with Crippen LogP contribution in [0.1, 0.15) is 40.5 Å². The van der Waals surface area contributed by atoms with Crippen molar-refractivity contribution >= 4 is 5.91 Å². The number of nitrogens with one attached hydrogen (secondary N) is 2. The number of hydrogen-bond acceptors (Lipinski definition) is 4. The lowest BCUT2D eigenvalue weighted by Crippen LogP contribution is -2.58. The number of amides is 1. The minimum absolute atomic E-state index is 0.0475. The lowest BCUT2D eigenvalue weighted by atomic mass is 9.98. The van der Waals surface area contributed by atoms with Crippen molar-refractivity contribution in [1.29, 1.82) is 0 Å². The van der Waals surface area contributed by atoms with Crippen LogP contribution < -0.4 is 10.6 Å². The van der Waals surface area contributed by atoms with Crippen LogP contribution in [0.5, 0.6) is 0 Å². The fourth-order valence-corrected chi connectivity index (χ4v) is 3.59. The molecule has 2 aliphatic heterocycles. The van der Waals surface area contributed by atoms with E-state index >= 15 is 0 Å². The van der Waals surface area contributed by atoms with E-state index in [1.165, 1.54) is 0 Å². The summed E-state index contributed by atoms with van der Waals surface area (Å²) in [6.07, 6.45) is 2.46. The van der Waals surface area contributed by atoms with Crippen LogP contribution in [0.2, 0.25) is 0 Å². The van der Waals surface area contributed by atoms with Crippen LogP contribution in [0.25, 0.3) is 0 Å². The van der Waals surface area contributed by atoms with Crippen LogP contribution in [-0.4, -0.2) is 61.3 Å². The van der Waals surface area contributed by atoms with Crippen molar-refractivity contribution in [3.05, 3.63) is 0 Å². The molecule has 0 saturated carbocycles. The second-order valence-electron chi connectivity index (χ2n) is 6.93. The number of morpholine rings is 1. The smallest absolute Gasteiger partial charge is 0.237 e. The van der Waals surface area contributed by atoms with E-state index < -0.39 is 0 Å². The van der Waals surface area contributed by atoms with Gasteiger partial charge in [0.05, 0.1) is 18.2 Å². The van der Waals surface area contributed by atoms with E-state index in [2.05, 4.69) is 43.2 Å². The second-order valence-corrected chi connectivity index (χ2v) is 6.93. The maximum absolute atomic E-state index is 12.8. The highest BCUT2D eigenvalue weighted by molar-refractivity contribution is 5.82. The molecule has 3 unspecified atom stereocenters. The average Bonchev–Trinajstić information content (AvgIpc) is 2.38. The molecule has 2 rings (SSSR count). The number of carbonyl (C=O) groups excluding carboxylic acids is 1. The van der Waals surface area contributed by atoms with Gasteiger partial charge in [0, 0.05) is 19.1 Å². The van der Waals surface area contributed by atoms with Gasteiger partial charge < -0.3 is 15.4 Å². The summed E-state index contributed by atoms with van der Waals surface area (Å²) in [5.41, 5.74) is 0.